The Morgan fingerprint density at radius 3 is 1.62 bits per heavy atom. The van der Waals surface area contributed by atoms with Gasteiger partial charge in [-0.05, 0) is 11.8 Å². The molecule has 1 rings (SSSR count). The molecule has 0 amide bonds. The highest BCUT2D eigenvalue weighted by Gasteiger charge is 2.43. The maximum atomic E-state index is 5.73. The van der Waals surface area contributed by atoms with Crippen molar-refractivity contribution in [1.29, 1.82) is 0 Å². The molecule has 0 heterocycles. The molecule has 0 aliphatic heterocycles. The lowest BCUT2D eigenvalue weighted by Crippen LogP contribution is -2.02. The van der Waals surface area contributed by atoms with Gasteiger partial charge >= 0.3 is 0 Å². The SMILES string of the molecule is CC[C@@H]1[C@@H](N)[C@@H]1CC. The van der Waals surface area contributed by atoms with Crippen molar-refractivity contribution in [2.45, 2.75) is 32.7 Å². The second-order valence-electron chi connectivity index (χ2n) is 2.72. The Labute approximate surface area is 51.3 Å². The molecule has 1 aliphatic rings. The van der Waals surface area contributed by atoms with Crippen LogP contribution in [0.25, 0.3) is 0 Å². The maximum absolute atomic E-state index is 5.73. The van der Waals surface area contributed by atoms with Crippen LogP contribution in [0.4, 0.5) is 0 Å². The minimum atomic E-state index is 0.546. The lowest BCUT2D eigenvalue weighted by molar-refractivity contribution is 0.663. The average Bonchev–Trinajstić information content (AvgIpc) is 2.40. The van der Waals surface area contributed by atoms with Gasteiger partial charge in [-0.15, -0.1) is 0 Å². The first-order chi connectivity index (χ1) is 3.81. The van der Waals surface area contributed by atoms with Gasteiger partial charge in [-0.2, -0.15) is 0 Å². The van der Waals surface area contributed by atoms with E-state index in [4.69, 9.17) is 5.73 Å². The van der Waals surface area contributed by atoms with Crippen molar-refractivity contribution in [2.24, 2.45) is 17.6 Å². The molecule has 48 valence electrons. The maximum Gasteiger partial charge on any atom is 0.0102 e. The van der Waals surface area contributed by atoms with Crippen LogP contribution < -0.4 is 5.73 Å². The van der Waals surface area contributed by atoms with E-state index in [2.05, 4.69) is 13.8 Å². The molecule has 8 heavy (non-hydrogen) atoms. The Morgan fingerprint density at radius 1 is 1.12 bits per heavy atom. The molecule has 0 aromatic rings. The summed E-state index contributed by atoms with van der Waals surface area (Å²) in [6, 6.07) is 0.546. The summed E-state index contributed by atoms with van der Waals surface area (Å²) >= 11 is 0. The van der Waals surface area contributed by atoms with Gasteiger partial charge in [0.1, 0.15) is 0 Å². The Balaban J connectivity index is 2.23. The topological polar surface area (TPSA) is 26.0 Å². The molecule has 0 aromatic heterocycles. The standard InChI is InChI=1S/C7H15N/c1-3-5-6(4-2)7(5)8/h5-7H,3-4,8H2,1-2H3/t5-,6+,7+. The fraction of sp³-hybridized carbons (Fsp3) is 1.00. The highest BCUT2D eigenvalue weighted by molar-refractivity contribution is 4.98. The van der Waals surface area contributed by atoms with E-state index in [-0.39, 0.29) is 0 Å². The molecule has 0 saturated heterocycles. The zero-order valence-corrected chi connectivity index (χ0v) is 5.72. The van der Waals surface area contributed by atoms with E-state index in [1.54, 1.807) is 0 Å². The van der Waals surface area contributed by atoms with Crippen LogP contribution in [0.1, 0.15) is 26.7 Å². The Kier molecular flexibility index (Phi) is 1.57. The van der Waals surface area contributed by atoms with Crippen LogP contribution in [0.15, 0.2) is 0 Å². The first-order valence-electron chi connectivity index (χ1n) is 3.56. The molecule has 1 saturated carbocycles. The molecule has 0 radical (unpaired) electrons. The molecule has 2 N–H and O–H groups in total. The van der Waals surface area contributed by atoms with Crippen molar-refractivity contribution < 1.29 is 0 Å². The first kappa shape index (κ1) is 6.09. The Hall–Kier alpha value is -0.0400. The summed E-state index contributed by atoms with van der Waals surface area (Å²) in [5.41, 5.74) is 5.73. The number of hydrogen-bond acceptors (Lipinski definition) is 1. The van der Waals surface area contributed by atoms with Crippen LogP contribution in [0, 0.1) is 11.8 Å². The van der Waals surface area contributed by atoms with E-state index in [9.17, 15) is 0 Å². The Bertz CT molecular complexity index is 70.5. The minimum Gasteiger partial charge on any atom is -0.327 e. The number of rotatable bonds is 2. The lowest BCUT2D eigenvalue weighted by Gasteiger charge is -1.84. The van der Waals surface area contributed by atoms with E-state index in [0.29, 0.717) is 6.04 Å². The van der Waals surface area contributed by atoms with Crippen molar-refractivity contribution in [1.82, 2.24) is 0 Å². The third-order valence-electron chi connectivity index (χ3n) is 2.34. The zero-order valence-electron chi connectivity index (χ0n) is 5.72. The van der Waals surface area contributed by atoms with Crippen LogP contribution >= 0.6 is 0 Å². The summed E-state index contributed by atoms with van der Waals surface area (Å²) in [4.78, 5) is 0. The van der Waals surface area contributed by atoms with Gasteiger partial charge in [-0.3, -0.25) is 0 Å². The van der Waals surface area contributed by atoms with Crippen molar-refractivity contribution in [3.8, 4) is 0 Å². The minimum absolute atomic E-state index is 0.546. The molecule has 1 aliphatic carbocycles. The predicted octanol–water partition coefficient (Wildman–Crippen LogP) is 1.38. The highest BCUT2D eigenvalue weighted by atomic mass is 14.8. The first-order valence-corrected chi connectivity index (χ1v) is 3.56. The quantitative estimate of drug-likeness (QED) is 0.575. The summed E-state index contributed by atoms with van der Waals surface area (Å²) in [6.07, 6.45) is 2.55. The van der Waals surface area contributed by atoms with Crippen molar-refractivity contribution >= 4 is 0 Å². The van der Waals surface area contributed by atoms with E-state index in [1.807, 2.05) is 0 Å². The summed E-state index contributed by atoms with van der Waals surface area (Å²) in [5, 5.41) is 0. The van der Waals surface area contributed by atoms with E-state index >= 15 is 0 Å². The Morgan fingerprint density at radius 2 is 1.50 bits per heavy atom. The van der Waals surface area contributed by atoms with Gasteiger partial charge in [0.05, 0.1) is 0 Å². The van der Waals surface area contributed by atoms with E-state index in [0.717, 1.165) is 11.8 Å². The molecule has 3 atom stereocenters. The van der Waals surface area contributed by atoms with E-state index in [1.165, 1.54) is 12.8 Å². The van der Waals surface area contributed by atoms with Gasteiger partial charge in [0, 0.05) is 6.04 Å². The van der Waals surface area contributed by atoms with Gasteiger partial charge in [0.25, 0.3) is 0 Å². The third kappa shape index (κ3) is 0.752. The molecular formula is C7H15N. The normalized spacial score (nSPS) is 44.6. The summed E-state index contributed by atoms with van der Waals surface area (Å²) in [6.45, 7) is 4.44. The van der Waals surface area contributed by atoms with Crippen molar-refractivity contribution in [2.75, 3.05) is 0 Å². The fourth-order valence-corrected chi connectivity index (χ4v) is 1.62. The van der Waals surface area contributed by atoms with Crippen LogP contribution in [-0.2, 0) is 0 Å². The number of nitrogens with two attached hydrogens (primary N) is 1. The predicted molar refractivity (Wildman–Crippen MR) is 35.5 cm³/mol. The summed E-state index contributed by atoms with van der Waals surface area (Å²) < 4.78 is 0. The van der Waals surface area contributed by atoms with Crippen molar-refractivity contribution in [3.63, 3.8) is 0 Å². The highest BCUT2D eigenvalue weighted by Crippen LogP contribution is 2.41. The molecule has 1 heteroatoms. The van der Waals surface area contributed by atoms with Gasteiger partial charge in [-0.1, -0.05) is 26.7 Å². The largest absolute Gasteiger partial charge is 0.327 e. The van der Waals surface area contributed by atoms with Gasteiger partial charge < -0.3 is 5.73 Å². The summed E-state index contributed by atoms with van der Waals surface area (Å²) in [5.74, 6) is 1.72. The van der Waals surface area contributed by atoms with Crippen LogP contribution in [0.3, 0.4) is 0 Å². The molecule has 0 bridgehead atoms. The van der Waals surface area contributed by atoms with Crippen molar-refractivity contribution in [3.05, 3.63) is 0 Å². The van der Waals surface area contributed by atoms with Gasteiger partial charge in [0.2, 0.25) is 0 Å². The molecule has 1 fully saturated rings. The van der Waals surface area contributed by atoms with Gasteiger partial charge in [-0.25, -0.2) is 0 Å². The zero-order chi connectivity index (χ0) is 6.15. The molecular weight excluding hydrogens is 98.1 g/mol. The second kappa shape index (κ2) is 2.06. The van der Waals surface area contributed by atoms with Crippen LogP contribution in [-0.4, -0.2) is 6.04 Å². The van der Waals surface area contributed by atoms with Crippen LogP contribution in [0.2, 0.25) is 0 Å². The van der Waals surface area contributed by atoms with Crippen LogP contribution in [0.5, 0.6) is 0 Å². The smallest absolute Gasteiger partial charge is 0.0102 e. The third-order valence-corrected chi connectivity index (χ3v) is 2.34. The molecule has 0 spiro atoms. The van der Waals surface area contributed by atoms with Gasteiger partial charge in [0.15, 0.2) is 0 Å². The average molecular weight is 113 g/mol. The van der Waals surface area contributed by atoms with E-state index < -0.39 is 0 Å². The summed E-state index contributed by atoms with van der Waals surface area (Å²) in [7, 11) is 0. The lowest BCUT2D eigenvalue weighted by atomic mass is 10.2. The molecule has 0 unspecified atom stereocenters. The monoisotopic (exact) mass is 113 g/mol. The molecule has 0 aromatic carbocycles. The number of hydrogen-bond donors (Lipinski definition) is 1. The second-order valence-corrected chi connectivity index (χ2v) is 2.72. The molecule has 1 nitrogen and oxygen atoms in total. The fourth-order valence-electron chi connectivity index (χ4n) is 1.62.